The van der Waals surface area contributed by atoms with Crippen molar-refractivity contribution < 1.29 is 9.53 Å². The molecule has 1 unspecified atom stereocenters. The van der Waals surface area contributed by atoms with Gasteiger partial charge in [-0.15, -0.1) is 0 Å². The molecule has 1 aliphatic rings. The molecular weight excluding hydrogens is 360 g/mol. The molecule has 0 spiro atoms. The zero-order valence-electron chi connectivity index (χ0n) is 15.4. The summed E-state index contributed by atoms with van der Waals surface area (Å²) in [7, 11) is 0. The summed E-state index contributed by atoms with van der Waals surface area (Å²) in [6.07, 6.45) is 3.63. The van der Waals surface area contributed by atoms with Gasteiger partial charge in [0.05, 0.1) is 5.92 Å². The predicted octanol–water partition coefficient (Wildman–Crippen LogP) is 4.76. The van der Waals surface area contributed by atoms with Gasteiger partial charge in [0.2, 0.25) is 5.91 Å². The SMILES string of the molecule is C=CCOc1cccc(NC(=O)C2CCCN(Cc3ccc(Cl)cc3)C2)c1. The van der Waals surface area contributed by atoms with E-state index in [-0.39, 0.29) is 11.8 Å². The summed E-state index contributed by atoms with van der Waals surface area (Å²) < 4.78 is 5.53. The van der Waals surface area contributed by atoms with Crippen molar-refractivity contribution in [3.63, 3.8) is 0 Å². The molecule has 0 aliphatic carbocycles. The third-order valence-electron chi connectivity index (χ3n) is 4.67. The standard InChI is InChI=1S/C22H25ClN2O2/c1-2-13-27-21-7-3-6-20(14-21)24-22(26)18-5-4-12-25(16-18)15-17-8-10-19(23)11-9-17/h2-3,6-11,14,18H,1,4-5,12-13,15-16H2,(H,24,26). The Kier molecular flexibility index (Phi) is 6.91. The maximum absolute atomic E-state index is 12.7. The average molecular weight is 385 g/mol. The van der Waals surface area contributed by atoms with Crippen molar-refractivity contribution in [2.24, 2.45) is 5.92 Å². The van der Waals surface area contributed by atoms with Gasteiger partial charge < -0.3 is 10.1 Å². The number of hydrogen-bond donors (Lipinski definition) is 1. The molecule has 1 heterocycles. The summed E-state index contributed by atoms with van der Waals surface area (Å²) >= 11 is 5.95. The van der Waals surface area contributed by atoms with Crippen LogP contribution in [0.15, 0.2) is 61.2 Å². The van der Waals surface area contributed by atoms with Gasteiger partial charge in [0, 0.05) is 29.9 Å². The highest BCUT2D eigenvalue weighted by Gasteiger charge is 2.26. The van der Waals surface area contributed by atoms with Gasteiger partial charge in [-0.2, -0.15) is 0 Å². The lowest BCUT2D eigenvalue weighted by Gasteiger charge is -2.32. The molecule has 3 rings (SSSR count). The van der Waals surface area contributed by atoms with E-state index >= 15 is 0 Å². The van der Waals surface area contributed by atoms with Crippen LogP contribution in [0.5, 0.6) is 5.75 Å². The number of benzene rings is 2. The summed E-state index contributed by atoms with van der Waals surface area (Å²) in [4.78, 5) is 15.1. The summed E-state index contributed by atoms with van der Waals surface area (Å²) in [6, 6.07) is 15.4. The van der Waals surface area contributed by atoms with Crippen LogP contribution in [0, 0.1) is 5.92 Å². The molecule has 1 aliphatic heterocycles. The molecule has 2 aromatic rings. The molecule has 1 atom stereocenters. The molecule has 142 valence electrons. The summed E-state index contributed by atoms with van der Waals surface area (Å²) in [5, 5.41) is 3.78. The second-order valence-corrected chi connectivity index (χ2v) is 7.25. The van der Waals surface area contributed by atoms with Gasteiger partial charge in [-0.3, -0.25) is 9.69 Å². The molecule has 0 aromatic heterocycles. The number of anilines is 1. The van der Waals surface area contributed by atoms with Crippen molar-refractivity contribution in [3.05, 3.63) is 71.8 Å². The number of nitrogens with zero attached hydrogens (tertiary/aromatic N) is 1. The number of carbonyl (C=O) groups is 1. The van der Waals surface area contributed by atoms with E-state index in [1.807, 2.05) is 48.5 Å². The van der Waals surface area contributed by atoms with E-state index in [0.717, 1.165) is 48.9 Å². The van der Waals surface area contributed by atoms with E-state index in [2.05, 4.69) is 16.8 Å². The Hall–Kier alpha value is -2.30. The largest absolute Gasteiger partial charge is 0.489 e. The van der Waals surface area contributed by atoms with Crippen LogP contribution in [0.3, 0.4) is 0 Å². The first-order valence-corrected chi connectivity index (χ1v) is 9.63. The van der Waals surface area contributed by atoms with Crippen LogP contribution >= 0.6 is 11.6 Å². The molecule has 1 amide bonds. The topological polar surface area (TPSA) is 41.6 Å². The minimum absolute atomic E-state index is 0.0104. The Morgan fingerprint density at radius 2 is 2.11 bits per heavy atom. The second-order valence-electron chi connectivity index (χ2n) is 6.82. The molecule has 2 aromatic carbocycles. The van der Waals surface area contributed by atoms with Crippen LogP contribution in [0.2, 0.25) is 5.02 Å². The molecule has 27 heavy (non-hydrogen) atoms. The first kappa shape index (κ1) is 19.5. The Morgan fingerprint density at radius 3 is 2.89 bits per heavy atom. The Bertz CT molecular complexity index is 776. The minimum atomic E-state index is -0.0104. The Balaban J connectivity index is 1.56. The number of amides is 1. The number of hydrogen-bond acceptors (Lipinski definition) is 3. The number of ether oxygens (including phenoxy) is 1. The number of likely N-dealkylation sites (tertiary alicyclic amines) is 1. The molecule has 1 N–H and O–H groups in total. The molecule has 1 saturated heterocycles. The zero-order chi connectivity index (χ0) is 19.1. The van der Waals surface area contributed by atoms with Crippen LogP contribution in [0.25, 0.3) is 0 Å². The number of carbonyl (C=O) groups excluding carboxylic acids is 1. The van der Waals surface area contributed by atoms with Crippen molar-refractivity contribution in [1.29, 1.82) is 0 Å². The number of halogens is 1. The number of rotatable bonds is 7. The third-order valence-corrected chi connectivity index (χ3v) is 4.92. The fraction of sp³-hybridized carbons (Fsp3) is 0.318. The Morgan fingerprint density at radius 1 is 1.30 bits per heavy atom. The van der Waals surface area contributed by atoms with E-state index in [1.165, 1.54) is 5.56 Å². The quantitative estimate of drug-likeness (QED) is 0.700. The summed E-state index contributed by atoms with van der Waals surface area (Å²) in [5.74, 6) is 0.779. The highest BCUT2D eigenvalue weighted by atomic mass is 35.5. The normalized spacial score (nSPS) is 17.3. The third kappa shape index (κ3) is 5.84. The molecular formula is C22H25ClN2O2. The van der Waals surface area contributed by atoms with Gasteiger partial charge in [0.1, 0.15) is 12.4 Å². The summed E-state index contributed by atoms with van der Waals surface area (Å²) in [6.45, 7) is 6.70. The van der Waals surface area contributed by atoms with Gasteiger partial charge in [0.15, 0.2) is 0 Å². The van der Waals surface area contributed by atoms with Crippen LogP contribution in [-0.2, 0) is 11.3 Å². The van der Waals surface area contributed by atoms with Gasteiger partial charge in [-0.25, -0.2) is 0 Å². The zero-order valence-corrected chi connectivity index (χ0v) is 16.1. The lowest BCUT2D eigenvalue weighted by Crippen LogP contribution is -2.40. The minimum Gasteiger partial charge on any atom is -0.489 e. The van der Waals surface area contributed by atoms with E-state index in [1.54, 1.807) is 6.08 Å². The van der Waals surface area contributed by atoms with Gasteiger partial charge in [-0.1, -0.05) is 42.5 Å². The monoisotopic (exact) mass is 384 g/mol. The highest BCUT2D eigenvalue weighted by molar-refractivity contribution is 6.30. The average Bonchev–Trinajstić information content (AvgIpc) is 2.69. The molecule has 4 nitrogen and oxygen atoms in total. The highest BCUT2D eigenvalue weighted by Crippen LogP contribution is 2.23. The number of nitrogens with one attached hydrogen (secondary N) is 1. The maximum atomic E-state index is 12.7. The van der Waals surface area contributed by atoms with Gasteiger partial charge in [0.25, 0.3) is 0 Å². The van der Waals surface area contributed by atoms with Crippen molar-refractivity contribution in [2.45, 2.75) is 19.4 Å². The van der Waals surface area contributed by atoms with Gasteiger partial charge in [-0.05, 0) is 49.2 Å². The lowest BCUT2D eigenvalue weighted by atomic mass is 9.96. The van der Waals surface area contributed by atoms with E-state index in [4.69, 9.17) is 16.3 Å². The first-order valence-electron chi connectivity index (χ1n) is 9.25. The summed E-state index contributed by atoms with van der Waals surface area (Å²) in [5.41, 5.74) is 1.98. The predicted molar refractivity (Wildman–Crippen MR) is 110 cm³/mol. The van der Waals surface area contributed by atoms with E-state index < -0.39 is 0 Å². The van der Waals surface area contributed by atoms with Crippen molar-refractivity contribution >= 4 is 23.2 Å². The van der Waals surface area contributed by atoms with Crippen LogP contribution in [0.1, 0.15) is 18.4 Å². The maximum Gasteiger partial charge on any atom is 0.228 e. The molecule has 1 fully saturated rings. The van der Waals surface area contributed by atoms with E-state index in [0.29, 0.717) is 6.61 Å². The van der Waals surface area contributed by atoms with Crippen LogP contribution < -0.4 is 10.1 Å². The molecule has 0 saturated carbocycles. The Labute approximate surface area is 165 Å². The van der Waals surface area contributed by atoms with Gasteiger partial charge >= 0.3 is 0 Å². The van der Waals surface area contributed by atoms with Crippen LogP contribution in [-0.4, -0.2) is 30.5 Å². The van der Waals surface area contributed by atoms with Crippen molar-refractivity contribution in [1.82, 2.24) is 4.90 Å². The fourth-order valence-corrected chi connectivity index (χ4v) is 3.45. The fourth-order valence-electron chi connectivity index (χ4n) is 3.32. The smallest absolute Gasteiger partial charge is 0.228 e. The second kappa shape index (κ2) is 9.58. The molecule has 5 heteroatoms. The molecule has 0 radical (unpaired) electrons. The number of piperidine rings is 1. The van der Waals surface area contributed by atoms with Crippen molar-refractivity contribution in [3.8, 4) is 5.75 Å². The van der Waals surface area contributed by atoms with Crippen molar-refractivity contribution in [2.75, 3.05) is 25.0 Å². The van der Waals surface area contributed by atoms with Crippen LogP contribution in [0.4, 0.5) is 5.69 Å². The molecule has 0 bridgehead atoms. The first-order chi connectivity index (χ1) is 13.1. The lowest BCUT2D eigenvalue weighted by molar-refractivity contribution is -0.121. The van der Waals surface area contributed by atoms with E-state index in [9.17, 15) is 4.79 Å².